The molecule has 1 atom stereocenters. The average Bonchev–Trinajstić information content (AvgIpc) is 3.06. The second-order valence-electron chi connectivity index (χ2n) is 7.14. The first-order valence-electron chi connectivity index (χ1n) is 9.54. The van der Waals surface area contributed by atoms with Gasteiger partial charge in [0, 0.05) is 39.4 Å². The highest BCUT2D eigenvalue weighted by Crippen LogP contribution is 2.35. The molecule has 0 N–H and O–H groups in total. The predicted molar refractivity (Wildman–Crippen MR) is 103 cm³/mol. The molecule has 3 heterocycles. The van der Waals surface area contributed by atoms with E-state index in [0.29, 0.717) is 0 Å². The molecule has 0 aliphatic carbocycles. The molecule has 6 heteroatoms. The lowest BCUT2D eigenvalue weighted by Crippen LogP contribution is -2.35. The molecule has 142 valence electrons. The van der Waals surface area contributed by atoms with Crippen molar-refractivity contribution in [2.75, 3.05) is 32.8 Å². The lowest BCUT2D eigenvalue weighted by atomic mass is 9.90. The van der Waals surface area contributed by atoms with Gasteiger partial charge in [-0.3, -0.25) is 14.4 Å². The standard InChI is InChI=1S/C21H26N4O2/c1-23-20(15-18(22-23)16-24-10-13-27-14-11-24)21-19-6-3-2-5-17(19)7-9-25(21)8-4-12-26/h2-6,8,12,15,21H,7,9-11,13-14,16H2,1H3. The smallest absolute Gasteiger partial charge is 0.144 e. The second-order valence-corrected chi connectivity index (χ2v) is 7.14. The molecule has 0 radical (unpaired) electrons. The molecule has 6 nitrogen and oxygen atoms in total. The van der Waals surface area contributed by atoms with Gasteiger partial charge in [-0.05, 0) is 29.7 Å². The number of hydrogen-bond donors (Lipinski definition) is 0. The van der Waals surface area contributed by atoms with E-state index in [1.165, 1.54) is 11.1 Å². The number of nitrogens with zero attached hydrogens (tertiary/aromatic N) is 4. The minimum absolute atomic E-state index is 0.0714. The number of ether oxygens (including phenoxy) is 1. The predicted octanol–water partition coefficient (Wildman–Crippen LogP) is 1.91. The van der Waals surface area contributed by atoms with Crippen molar-refractivity contribution in [2.45, 2.75) is 19.0 Å². The Morgan fingerprint density at radius 2 is 2.04 bits per heavy atom. The van der Waals surface area contributed by atoms with Crippen molar-refractivity contribution >= 4 is 6.29 Å². The minimum atomic E-state index is 0.0714. The Labute approximate surface area is 160 Å². The highest BCUT2D eigenvalue weighted by Gasteiger charge is 2.29. The normalized spacial score (nSPS) is 20.8. The fourth-order valence-electron chi connectivity index (χ4n) is 4.09. The summed E-state index contributed by atoms with van der Waals surface area (Å²) in [6, 6.07) is 10.9. The van der Waals surface area contributed by atoms with Gasteiger partial charge in [0.05, 0.1) is 30.6 Å². The monoisotopic (exact) mass is 366 g/mol. The lowest BCUT2D eigenvalue weighted by Gasteiger charge is -2.36. The molecule has 1 unspecified atom stereocenters. The Morgan fingerprint density at radius 1 is 1.22 bits per heavy atom. The molecule has 2 aromatic rings. The maximum Gasteiger partial charge on any atom is 0.144 e. The number of aromatic nitrogens is 2. The van der Waals surface area contributed by atoms with E-state index in [1.807, 2.05) is 17.9 Å². The zero-order chi connectivity index (χ0) is 18.6. The van der Waals surface area contributed by atoms with Crippen LogP contribution in [0.4, 0.5) is 0 Å². The molecule has 1 saturated heterocycles. The summed E-state index contributed by atoms with van der Waals surface area (Å²) in [6.07, 6.45) is 5.30. The lowest BCUT2D eigenvalue weighted by molar-refractivity contribution is -0.104. The van der Waals surface area contributed by atoms with Gasteiger partial charge >= 0.3 is 0 Å². The van der Waals surface area contributed by atoms with Crippen molar-refractivity contribution in [2.24, 2.45) is 7.05 Å². The van der Waals surface area contributed by atoms with Gasteiger partial charge in [0.25, 0.3) is 0 Å². The molecule has 2 aliphatic rings. The van der Waals surface area contributed by atoms with Crippen molar-refractivity contribution in [3.05, 3.63) is 65.1 Å². The Hall–Kier alpha value is -2.44. The van der Waals surface area contributed by atoms with Crippen LogP contribution in [0.5, 0.6) is 0 Å². The van der Waals surface area contributed by atoms with Gasteiger partial charge < -0.3 is 9.64 Å². The van der Waals surface area contributed by atoms with E-state index in [1.54, 1.807) is 6.08 Å². The summed E-state index contributed by atoms with van der Waals surface area (Å²) in [4.78, 5) is 15.5. The third kappa shape index (κ3) is 3.82. The van der Waals surface area contributed by atoms with Crippen LogP contribution in [0.1, 0.15) is 28.6 Å². The average molecular weight is 366 g/mol. The summed E-state index contributed by atoms with van der Waals surface area (Å²) in [5, 5.41) is 4.78. The minimum Gasteiger partial charge on any atom is -0.379 e. The van der Waals surface area contributed by atoms with Crippen molar-refractivity contribution in [3.8, 4) is 0 Å². The number of carbonyl (C=O) groups excluding carboxylic acids is 1. The van der Waals surface area contributed by atoms with Crippen molar-refractivity contribution < 1.29 is 9.53 Å². The van der Waals surface area contributed by atoms with Crippen LogP contribution in [0.25, 0.3) is 0 Å². The largest absolute Gasteiger partial charge is 0.379 e. The van der Waals surface area contributed by atoms with E-state index in [0.717, 1.165) is 63.5 Å². The molecule has 0 spiro atoms. The Morgan fingerprint density at radius 3 is 2.85 bits per heavy atom. The number of aldehydes is 1. The summed E-state index contributed by atoms with van der Waals surface area (Å²) < 4.78 is 7.43. The topological polar surface area (TPSA) is 50.6 Å². The Kier molecular flexibility index (Phi) is 5.36. The number of aryl methyl sites for hydroxylation is 1. The van der Waals surface area contributed by atoms with Crippen LogP contribution in [0.15, 0.2) is 42.6 Å². The van der Waals surface area contributed by atoms with Gasteiger partial charge in [-0.1, -0.05) is 24.3 Å². The van der Waals surface area contributed by atoms with Crippen LogP contribution >= 0.6 is 0 Å². The van der Waals surface area contributed by atoms with E-state index in [-0.39, 0.29) is 6.04 Å². The summed E-state index contributed by atoms with van der Waals surface area (Å²) in [5.41, 5.74) is 4.90. The highest BCUT2D eigenvalue weighted by atomic mass is 16.5. The van der Waals surface area contributed by atoms with E-state index >= 15 is 0 Å². The van der Waals surface area contributed by atoms with Crippen molar-refractivity contribution in [3.63, 3.8) is 0 Å². The number of fused-ring (bicyclic) bond motifs is 1. The van der Waals surface area contributed by atoms with Crippen LogP contribution < -0.4 is 0 Å². The molecule has 0 bridgehead atoms. The SMILES string of the molecule is Cn1nc(CN2CCOCC2)cc1C1c2ccccc2CCN1C=CC=O. The summed E-state index contributed by atoms with van der Waals surface area (Å²) in [6.45, 7) is 5.21. The highest BCUT2D eigenvalue weighted by molar-refractivity contribution is 5.64. The molecular weight excluding hydrogens is 340 g/mol. The van der Waals surface area contributed by atoms with Crippen molar-refractivity contribution in [1.29, 1.82) is 0 Å². The maximum absolute atomic E-state index is 10.9. The van der Waals surface area contributed by atoms with Gasteiger partial charge in [0.15, 0.2) is 0 Å². The van der Waals surface area contributed by atoms with Gasteiger partial charge in [0.2, 0.25) is 0 Å². The first-order chi connectivity index (χ1) is 13.3. The van der Waals surface area contributed by atoms with Gasteiger partial charge in [-0.25, -0.2) is 0 Å². The van der Waals surface area contributed by atoms with Crippen LogP contribution in [-0.2, 0) is 29.5 Å². The maximum atomic E-state index is 10.9. The van der Waals surface area contributed by atoms with Crippen LogP contribution in [0.3, 0.4) is 0 Å². The number of hydrogen-bond acceptors (Lipinski definition) is 5. The van der Waals surface area contributed by atoms with Crippen LogP contribution in [0.2, 0.25) is 0 Å². The first kappa shape index (κ1) is 17.9. The van der Waals surface area contributed by atoms with Crippen molar-refractivity contribution in [1.82, 2.24) is 19.6 Å². The molecule has 1 aromatic heterocycles. The number of allylic oxidation sites excluding steroid dienone is 1. The summed E-state index contributed by atoms with van der Waals surface area (Å²) >= 11 is 0. The third-order valence-electron chi connectivity index (χ3n) is 5.41. The zero-order valence-corrected chi connectivity index (χ0v) is 15.8. The first-order valence-corrected chi connectivity index (χ1v) is 9.54. The number of carbonyl (C=O) groups is 1. The van der Waals surface area contributed by atoms with E-state index in [9.17, 15) is 4.79 Å². The number of morpholine rings is 1. The summed E-state index contributed by atoms with van der Waals surface area (Å²) in [5.74, 6) is 0. The molecule has 0 amide bonds. The van der Waals surface area contributed by atoms with E-state index < -0.39 is 0 Å². The molecule has 1 fully saturated rings. The van der Waals surface area contributed by atoms with Crippen LogP contribution in [-0.4, -0.2) is 58.7 Å². The van der Waals surface area contributed by atoms with E-state index in [4.69, 9.17) is 9.84 Å². The number of benzene rings is 1. The van der Waals surface area contributed by atoms with Gasteiger partial charge in [-0.15, -0.1) is 0 Å². The van der Waals surface area contributed by atoms with E-state index in [2.05, 4.69) is 40.1 Å². The molecular formula is C21H26N4O2. The molecule has 0 saturated carbocycles. The Bertz CT molecular complexity index is 823. The number of rotatable bonds is 5. The molecule has 4 rings (SSSR count). The quantitative estimate of drug-likeness (QED) is 0.598. The fourth-order valence-corrected chi connectivity index (χ4v) is 4.09. The third-order valence-corrected chi connectivity index (χ3v) is 5.41. The second kappa shape index (κ2) is 8.06. The fraction of sp³-hybridized carbons (Fsp3) is 0.429. The van der Waals surface area contributed by atoms with Gasteiger partial charge in [-0.2, -0.15) is 5.10 Å². The zero-order valence-electron chi connectivity index (χ0n) is 15.8. The summed E-state index contributed by atoms with van der Waals surface area (Å²) in [7, 11) is 2.01. The van der Waals surface area contributed by atoms with Gasteiger partial charge in [0.1, 0.15) is 6.29 Å². The Balaban J connectivity index is 1.66. The molecule has 2 aliphatic heterocycles. The molecule has 27 heavy (non-hydrogen) atoms. The van der Waals surface area contributed by atoms with Crippen LogP contribution in [0, 0.1) is 0 Å². The molecule has 1 aromatic carbocycles.